The lowest BCUT2D eigenvalue weighted by Crippen LogP contribution is -2.23. The van der Waals surface area contributed by atoms with Gasteiger partial charge in [-0.1, -0.05) is 27.0 Å². The number of rotatable bonds is 5. The minimum atomic E-state index is -0.941. The van der Waals surface area contributed by atoms with Gasteiger partial charge in [0.1, 0.15) is 0 Å². The van der Waals surface area contributed by atoms with E-state index >= 15 is 0 Å². The van der Waals surface area contributed by atoms with Gasteiger partial charge in [0.15, 0.2) is 0 Å². The average Bonchev–Trinajstić information content (AvgIpc) is 2.74. The maximum absolute atomic E-state index is 10.7. The van der Waals surface area contributed by atoms with Crippen molar-refractivity contribution in [3.63, 3.8) is 0 Å². The molecule has 1 aliphatic heterocycles. The van der Waals surface area contributed by atoms with Crippen LogP contribution in [-0.2, 0) is 9.59 Å². The first-order valence-corrected chi connectivity index (χ1v) is 6.31. The van der Waals surface area contributed by atoms with E-state index in [-0.39, 0.29) is 16.9 Å². The molecule has 5 heteroatoms. The maximum Gasteiger partial charge on any atom is 0.331 e. The first kappa shape index (κ1) is 17.4. The Balaban J connectivity index is 0.000000356. The van der Waals surface area contributed by atoms with E-state index in [4.69, 9.17) is 10.8 Å². The predicted molar refractivity (Wildman–Crippen MR) is 75.4 cm³/mol. The summed E-state index contributed by atoms with van der Waals surface area (Å²) < 4.78 is 0. The molecule has 5 nitrogen and oxygen atoms in total. The molecule has 0 unspecified atom stereocenters. The summed E-state index contributed by atoms with van der Waals surface area (Å²) in [6.07, 6.45) is 3.93. The van der Waals surface area contributed by atoms with Crippen molar-refractivity contribution >= 4 is 11.9 Å². The van der Waals surface area contributed by atoms with Crippen LogP contribution >= 0.6 is 0 Å². The lowest BCUT2D eigenvalue weighted by Gasteiger charge is -2.23. The summed E-state index contributed by atoms with van der Waals surface area (Å²) >= 11 is 0. The van der Waals surface area contributed by atoms with Crippen molar-refractivity contribution in [2.45, 2.75) is 33.1 Å². The zero-order valence-corrected chi connectivity index (χ0v) is 11.8. The smallest absolute Gasteiger partial charge is 0.331 e. The summed E-state index contributed by atoms with van der Waals surface area (Å²) in [6, 6.07) is 0. The van der Waals surface area contributed by atoms with E-state index in [0.717, 1.165) is 13.0 Å². The fraction of sp³-hybridized carbons (Fsp3) is 0.571. The third-order valence-electron chi connectivity index (χ3n) is 3.17. The first-order valence-electron chi connectivity index (χ1n) is 6.31. The Kier molecular flexibility index (Phi) is 7.08. The molecule has 1 heterocycles. The van der Waals surface area contributed by atoms with Crippen molar-refractivity contribution < 1.29 is 14.7 Å². The quantitative estimate of drug-likeness (QED) is 0.744. The number of carbonyl (C=O) groups excluding carboxylic acids is 1. The standard InChI is InChI=1S/C8H15NO2.C6H9NO/c1-6(7(10)11)8(2,3)4-5-9;1-2-7-5-3-4-6(7)8/h1,4-5,9H2,2-3H3,(H,10,11);2H,1,3-5H2. The average molecular weight is 268 g/mol. The molecule has 108 valence electrons. The lowest BCUT2D eigenvalue weighted by molar-refractivity contribution is -0.133. The number of aliphatic carboxylic acids is 1. The van der Waals surface area contributed by atoms with Crippen molar-refractivity contribution in [3.05, 3.63) is 24.9 Å². The molecule has 1 saturated heterocycles. The van der Waals surface area contributed by atoms with Crippen LogP contribution in [0.5, 0.6) is 0 Å². The van der Waals surface area contributed by atoms with Crippen molar-refractivity contribution in [3.8, 4) is 0 Å². The number of carbonyl (C=O) groups is 2. The monoisotopic (exact) mass is 268 g/mol. The molecule has 0 aromatic carbocycles. The van der Waals surface area contributed by atoms with Gasteiger partial charge in [-0.3, -0.25) is 4.79 Å². The highest BCUT2D eigenvalue weighted by Gasteiger charge is 2.25. The molecule has 1 rings (SSSR count). The number of amides is 1. The molecular formula is C14H24N2O3. The summed E-state index contributed by atoms with van der Waals surface area (Å²) in [5.74, 6) is -0.733. The number of hydrogen-bond acceptors (Lipinski definition) is 3. The van der Waals surface area contributed by atoms with E-state index < -0.39 is 5.97 Å². The van der Waals surface area contributed by atoms with Crippen molar-refractivity contribution in [1.29, 1.82) is 0 Å². The van der Waals surface area contributed by atoms with E-state index in [1.807, 2.05) is 13.8 Å². The summed E-state index contributed by atoms with van der Waals surface area (Å²) in [5.41, 5.74) is 5.16. The van der Waals surface area contributed by atoms with Crippen LogP contribution < -0.4 is 5.73 Å². The van der Waals surface area contributed by atoms with Gasteiger partial charge in [0.25, 0.3) is 0 Å². The highest BCUT2D eigenvalue weighted by molar-refractivity contribution is 5.87. The SMILES string of the molecule is C=C(C(=O)O)C(C)(C)CCN.C=CN1CCCC1=O. The Hall–Kier alpha value is -1.62. The lowest BCUT2D eigenvalue weighted by atomic mass is 9.82. The van der Waals surface area contributed by atoms with Gasteiger partial charge in [-0.2, -0.15) is 0 Å². The molecule has 1 aliphatic rings. The molecule has 0 aromatic rings. The molecule has 0 atom stereocenters. The molecule has 0 radical (unpaired) electrons. The van der Waals surface area contributed by atoms with Gasteiger partial charge < -0.3 is 15.7 Å². The topological polar surface area (TPSA) is 83.6 Å². The van der Waals surface area contributed by atoms with Crippen LogP contribution in [0.4, 0.5) is 0 Å². The van der Waals surface area contributed by atoms with E-state index in [2.05, 4.69) is 13.2 Å². The van der Waals surface area contributed by atoms with Crippen LogP contribution in [0.15, 0.2) is 24.9 Å². The van der Waals surface area contributed by atoms with Crippen LogP contribution in [0.3, 0.4) is 0 Å². The van der Waals surface area contributed by atoms with Crippen molar-refractivity contribution in [2.75, 3.05) is 13.1 Å². The van der Waals surface area contributed by atoms with Crippen LogP contribution in [0.2, 0.25) is 0 Å². The third-order valence-corrected chi connectivity index (χ3v) is 3.17. The number of likely N-dealkylation sites (tertiary alicyclic amines) is 1. The molecular weight excluding hydrogens is 244 g/mol. The van der Waals surface area contributed by atoms with Crippen molar-refractivity contribution in [1.82, 2.24) is 4.90 Å². The Morgan fingerprint density at radius 2 is 2.16 bits per heavy atom. The molecule has 1 fully saturated rings. The Labute approximate surface area is 114 Å². The van der Waals surface area contributed by atoms with Gasteiger partial charge in [0, 0.05) is 18.5 Å². The van der Waals surface area contributed by atoms with Gasteiger partial charge in [-0.05, 0) is 31.0 Å². The number of nitrogens with two attached hydrogens (primary N) is 1. The largest absolute Gasteiger partial charge is 0.478 e. The summed E-state index contributed by atoms with van der Waals surface area (Å²) in [5, 5.41) is 8.60. The number of carboxylic acids is 1. The molecule has 0 aromatic heterocycles. The summed E-state index contributed by atoms with van der Waals surface area (Å²) in [4.78, 5) is 22.8. The highest BCUT2D eigenvalue weighted by atomic mass is 16.4. The van der Waals surface area contributed by atoms with Crippen molar-refractivity contribution in [2.24, 2.45) is 11.1 Å². The van der Waals surface area contributed by atoms with Gasteiger partial charge in [0.2, 0.25) is 5.91 Å². The second-order valence-electron chi connectivity index (χ2n) is 5.08. The van der Waals surface area contributed by atoms with Gasteiger partial charge in [-0.25, -0.2) is 4.79 Å². The van der Waals surface area contributed by atoms with Gasteiger partial charge in [-0.15, -0.1) is 0 Å². The maximum atomic E-state index is 10.7. The molecule has 19 heavy (non-hydrogen) atoms. The fourth-order valence-electron chi connectivity index (χ4n) is 1.66. The number of nitrogens with zero attached hydrogens (tertiary/aromatic N) is 1. The molecule has 0 aliphatic carbocycles. The van der Waals surface area contributed by atoms with Crippen LogP contribution in [-0.4, -0.2) is 35.0 Å². The second-order valence-corrected chi connectivity index (χ2v) is 5.08. The zero-order valence-electron chi connectivity index (χ0n) is 11.8. The highest BCUT2D eigenvalue weighted by Crippen LogP contribution is 2.28. The Bertz CT molecular complexity index is 362. The summed E-state index contributed by atoms with van der Waals surface area (Å²) in [6.45, 7) is 12.0. The van der Waals surface area contributed by atoms with Crippen LogP contribution in [0, 0.1) is 5.41 Å². The minimum absolute atomic E-state index is 0.208. The molecule has 0 spiro atoms. The molecule has 1 amide bonds. The molecule has 0 saturated carbocycles. The molecule has 3 N–H and O–H groups in total. The van der Waals surface area contributed by atoms with Gasteiger partial charge >= 0.3 is 5.97 Å². The summed E-state index contributed by atoms with van der Waals surface area (Å²) in [7, 11) is 0. The third kappa shape index (κ3) is 5.70. The minimum Gasteiger partial charge on any atom is -0.478 e. The van der Waals surface area contributed by atoms with Crippen LogP contribution in [0.25, 0.3) is 0 Å². The Morgan fingerprint density at radius 1 is 1.58 bits per heavy atom. The van der Waals surface area contributed by atoms with Crippen LogP contribution in [0.1, 0.15) is 33.1 Å². The van der Waals surface area contributed by atoms with Gasteiger partial charge in [0.05, 0.1) is 0 Å². The fourth-order valence-corrected chi connectivity index (χ4v) is 1.66. The van der Waals surface area contributed by atoms with E-state index in [1.165, 1.54) is 0 Å². The molecule has 0 bridgehead atoms. The zero-order chi connectivity index (χ0) is 15.1. The van der Waals surface area contributed by atoms with E-state index in [9.17, 15) is 9.59 Å². The Morgan fingerprint density at radius 3 is 2.42 bits per heavy atom. The predicted octanol–water partition coefficient (Wildman–Crippen LogP) is 1.75. The van der Waals surface area contributed by atoms with E-state index in [1.54, 1.807) is 11.1 Å². The first-order chi connectivity index (χ1) is 8.76. The van der Waals surface area contributed by atoms with E-state index in [0.29, 0.717) is 19.4 Å². The second kappa shape index (κ2) is 7.74. The normalized spacial score (nSPS) is 14.7. The number of hydrogen-bond donors (Lipinski definition) is 2. The number of carboxylic acid groups (broad SMARTS) is 1.